The number of nitrogens with one attached hydrogen (secondary N) is 2. The van der Waals surface area contributed by atoms with Gasteiger partial charge in [0.25, 0.3) is 0 Å². The number of benzene rings is 1. The van der Waals surface area contributed by atoms with E-state index < -0.39 is 0 Å². The van der Waals surface area contributed by atoms with Crippen LogP contribution < -0.4 is 4.90 Å². The second kappa shape index (κ2) is 4.14. The lowest BCUT2D eigenvalue weighted by atomic mass is 10.0. The minimum Gasteiger partial charge on any atom is -0.465 e. The molecule has 1 aromatic carbocycles. The molecule has 1 unspecified atom stereocenters. The highest BCUT2D eigenvalue weighted by molar-refractivity contribution is 5.96. The summed E-state index contributed by atoms with van der Waals surface area (Å²) in [5.74, 6) is -0.275. The third-order valence-electron chi connectivity index (χ3n) is 3.70. The molecule has 2 N–H and O–H groups in total. The van der Waals surface area contributed by atoms with E-state index in [-0.39, 0.29) is 5.97 Å². The molecule has 1 aromatic heterocycles. The summed E-state index contributed by atoms with van der Waals surface area (Å²) >= 11 is 0. The Kier molecular flexibility index (Phi) is 2.59. The van der Waals surface area contributed by atoms with Crippen LogP contribution in [0.25, 0.3) is 10.9 Å². The summed E-state index contributed by atoms with van der Waals surface area (Å²) in [5, 5.41) is 1.16. The van der Waals surface area contributed by atoms with E-state index in [9.17, 15) is 4.79 Å². The van der Waals surface area contributed by atoms with Gasteiger partial charge in [0.05, 0.1) is 26.3 Å². The number of esters is 1. The van der Waals surface area contributed by atoms with Crippen molar-refractivity contribution < 1.29 is 14.4 Å². The Bertz CT molecular complexity index is 616. The molecule has 1 aliphatic heterocycles. The van der Waals surface area contributed by atoms with E-state index in [1.165, 1.54) is 23.3 Å². The molecule has 18 heavy (non-hydrogen) atoms. The molecule has 0 aliphatic carbocycles. The molecule has 2 heterocycles. The van der Waals surface area contributed by atoms with Gasteiger partial charge < -0.3 is 14.6 Å². The van der Waals surface area contributed by atoms with E-state index in [4.69, 9.17) is 4.74 Å². The molecule has 0 saturated heterocycles. The SMILES string of the molecule is COC(=O)c1ccc2[nH]c3c(c2c1)C[NH+](C)CC3. The predicted octanol–water partition coefficient (Wildman–Crippen LogP) is 0.525. The number of carbonyl (C=O) groups is 1. The Labute approximate surface area is 106 Å². The third kappa shape index (κ3) is 1.69. The maximum Gasteiger partial charge on any atom is 0.337 e. The van der Waals surface area contributed by atoms with Crippen LogP contribution in [0, 0.1) is 0 Å². The quantitative estimate of drug-likeness (QED) is 0.720. The Hall–Kier alpha value is -1.81. The Balaban J connectivity index is 2.15. The van der Waals surface area contributed by atoms with Gasteiger partial charge in [0.2, 0.25) is 0 Å². The van der Waals surface area contributed by atoms with Gasteiger partial charge >= 0.3 is 5.97 Å². The van der Waals surface area contributed by atoms with Gasteiger partial charge in [-0.2, -0.15) is 0 Å². The summed E-state index contributed by atoms with van der Waals surface area (Å²) in [6.07, 6.45) is 1.07. The molecule has 0 radical (unpaired) electrons. The van der Waals surface area contributed by atoms with E-state index in [0.717, 1.165) is 30.4 Å². The van der Waals surface area contributed by atoms with Crippen LogP contribution in [0.1, 0.15) is 21.6 Å². The molecular weight excluding hydrogens is 228 g/mol. The molecule has 0 fully saturated rings. The number of methoxy groups -OCH3 is 1. The van der Waals surface area contributed by atoms with Gasteiger partial charge in [0, 0.05) is 28.6 Å². The minimum absolute atomic E-state index is 0.275. The topological polar surface area (TPSA) is 46.5 Å². The van der Waals surface area contributed by atoms with Crippen molar-refractivity contribution in [1.82, 2.24) is 4.98 Å². The second-order valence-corrected chi connectivity index (χ2v) is 4.97. The van der Waals surface area contributed by atoms with E-state index in [0.29, 0.717) is 5.56 Å². The Morgan fingerprint density at radius 2 is 2.28 bits per heavy atom. The first-order valence-electron chi connectivity index (χ1n) is 6.22. The van der Waals surface area contributed by atoms with Crippen molar-refractivity contribution in [3.63, 3.8) is 0 Å². The molecule has 0 bridgehead atoms. The fraction of sp³-hybridized carbons (Fsp3) is 0.357. The number of hydrogen-bond donors (Lipinski definition) is 2. The number of hydrogen-bond acceptors (Lipinski definition) is 2. The number of rotatable bonds is 1. The summed E-state index contributed by atoms with van der Waals surface area (Å²) in [4.78, 5) is 16.5. The van der Waals surface area contributed by atoms with Gasteiger partial charge in [0.1, 0.15) is 6.54 Å². The molecule has 94 valence electrons. The standard InChI is InChI=1S/C14H16N2O2/c1-16-6-5-13-11(8-16)10-7-9(14(17)18-2)3-4-12(10)15-13/h3-4,7,15H,5-6,8H2,1-2H3/p+1. The molecule has 1 atom stereocenters. The first kappa shape index (κ1) is 11.3. The van der Waals surface area contributed by atoms with E-state index in [1.807, 2.05) is 18.2 Å². The number of aromatic amines is 1. The minimum atomic E-state index is -0.275. The van der Waals surface area contributed by atoms with Crippen LogP contribution in [0.15, 0.2) is 18.2 Å². The summed E-state index contributed by atoms with van der Waals surface area (Å²) in [6, 6.07) is 5.72. The molecule has 1 aliphatic rings. The molecule has 4 nitrogen and oxygen atoms in total. The summed E-state index contributed by atoms with van der Waals surface area (Å²) < 4.78 is 4.77. The van der Waals surface area contributed by atoms with Crippen LogP contribution in [0.2, 0.25) is 0 Å². The largest absolute Gasteiger partial charge is 0.465 e. The van der Waals surface area contributed by atoms with Crippen LogP contribution in [-0.4, -0.2) is 31.7 Å². The van der Waals surface area contributed by atoms with Crippen molar-refractivity contribution in [1.29, 1.82) is 0 Å². The number of aromatic nitrogens is 1. The molecular formula is C14H17N2O2+. The third-order valence-corrected chi connectivity index (χ3v) is 3.70. The lowest BCUT2D eigenvalue weighted by molar-refractivity contribution is -0.895. The highest BCUT2D eigenvalue weighted by Crippen LogP contribution is 2.25. The molecule has 4 heteroatoms. The average Bonchev–Trinajstić information content (AvgIpc) is 2.75. The normalized spacial score (nSPS) is 18.7. The number of carbonyl (C=O) groups excluding carboxylic acids is 1. The zero-order chi connectivity index (χ0) is 12.7. The maximum atomic E-state index is 11.6. The Morgan fingerprint density at radius 1 is 1.44 bits per heavy atom. The summed E-state index contributed by atoms with van der Waals surface area (Å²) in [5.41, 5.74) is 4.40. The van der Waals surface area contributed by atoms with Crippen LogP contribution in [-0.2, 0) is 17.7 Å². The van der Waals surface area contributed by atoms with E-state index >= 15 is 0 Å². The second-order valence-electron chi connectivity index (χ2n) is 4.97. The number of H-pyrrole nitrogens is 1. The fourth-order valence-electron chi connectivity index (χ4n) is 2.69. The lowest BCUT2D eigenvalue weighted by Gasteiger charge is -2.19. The zero-order valence-electron chi connectivity index (χ0n) is 10.7. The highest BCUT2D eigenvalue weighted by Gasteiger charge is 2.21. The average molecular weight is 245 g/mol. The van der Waals surface area contributed by atoms with Crippen molar-refractivity contribution >= 4 is 16.9 Å². The summed E-state index contributed by atoms with van der Waals surface area (Å²) in [6.45, 7) is 2.17. The van der Waals surface area contributed by atoms with Crippen LogP contribution in [0.4, 0.5) is 0 Å². The van der Waals surface area contributed by atoms with Crippen molar-refractivity contribution in [3.05, 3.63) is 35.0 Å². The van der Waals surface area contributed by atoms with Gasteiger partial charge in [-0.1, -0.05) is 0 Å². The molecule has 0 spiro atoms. The highest BCUT2D eigenvalue weighted by atomic mass is 16.5. The van der Waals surface area contributed by atoms with E-state index in [2.05, 4.69) is 12.0 Å². The van der Waals surface area contributed by atoms with Gasteiger partial charge in [-0.25, -0.2) is 4.79 Å². The molecule has 0 amide bonds. The number of fused-ring (bicyclic) bond motifs is 3. The van der Waals surface area contributed by atoms with Crippen molar-refractivity contribution in [2.45, 2.75) is 13.0 Å². The maximum absolute atomic E-state index is 11.6. The first-order valence-corrected chi connectivity index (χ1v) is 6.22. The molecule has 0 saturated carbocycles. The smallest absolute Gasteiger partial charge is 0.337 e. The predicted molar refractivity (Wildman–Crippen MR) is 68.8 cm³/mol. The van der Waals surface area contributed by atoms with Crippen LogP contribution in [0.5, 0.6) is 0 Å². The fourth-order valence-corrected chi connectivity index (χ4v) is 2.69. The summed E-state index contributed by atoms with van der Waals surface area (Å²) in [7, 11) is 3.61. The monoisotopic (exact) mass is 245 g/mol. The van der Waals surface area contributed by atoms with Crippen molar-refractivity contribution in [2.75, 3.05) is 20.7 Å². The van der Waals surface area contributed by atoms with Crippen molar-refractivity contribution in [3.8, 4) is 0 Å². The first-order chi connectivity index (χ1) is 8.69. The van der Waals surface area contributed by atoms with Gasteiger partial charge in [-0.3, -0.25) is 0 Å². The van der Waals surface area contributed by atoms with Gasteiger partial charge in [-0.15, -0.1) is 0 Å². The van der Waals surface area contributed by atoms with Crippen molar-refractivity contribution in [2.24, 2.45) is 0 Å². The molecule has 2 aromatic rings. The zero-order valence-corrected chi connectivity index (χ0v) is 10.7. The van der Waals surface area contributed by atoms with Gasteiger partial charge in [-0.05, 0) is 18.2 Å². The number of likely N-dealkylation sites (N-methyl/N-ethyl adjacent to an activating group) is 1. The van der Waals surface area contributed by atoms with E-state index in [1.54, 1.807) is 0 Å². The Morgan fingerprint density at radius 3 is 3.06 bits per heavy atom. The van der Waals surface area contributed by atoms with Crippen LogP contribution in [0.3, 0.4) is 0 Å². The molecule has 3 rings (SSSR count). The van der Waals surface area contributed by atoms with Crippen LogP contribution >= 0.6 is 0 Å². The van der Waals surface area contributed by atoms with Gasteiger partial charge in [0.15, 0.2) is 0 Å². The lowest BCUT2D eigenvalue weighted by Crippen LogP contribution is -3.08. The number of quaternary nitrogens is 1. The number of ether oxygens (including phenoxy) is 1.